The molecule has 2 aromatic carbocycles. The van der Waals surface area contributed by atoms with Crippen molar-refractivity contribution in [2.24, 2.45) is 0 Å². The lowest BCUT2D eigenvalue weighted by Gasteiger charge is -2.13. The van der Waals surface area contributed by atoms with Gasteiger partial charge >= 0.3 is 6.03 Å². The molecule has 0 radical (unpaired) electrons. The van der Waals surface area contributed by atoms with Gasteiger partial charge in [0.15, 0.2) is 0 Å². The summed E-state index contributed by atoms with van der Waals surface area (Å²) in [5.41, 5.74) is 3.70. The average Bonchev–Trinajstić information content (AvgIpc) is 3.32. The molecule has 28 heavy (non-hydrogen) atoms. The molecule has 0 aliphatic carbocycles. The summed E-state index contributed by atoms with van der Waals surface area (Å²) < 4.78 is 0. The van der Waals surface area contributed by atoms with Crippen molar-refractivity contribution >= 4 is 28.5 Å². The van der Waals surface area contributed by atoms with Gasteiger partial charge in [0.25, 0.3) is 0 Å². The van der Waals surface area contributed by atoms with Gasteiger partial charge in [0.1, 0.15) is 0 Å². The number of aromatic nitrogens is 1. The number of amides is 3. The number of nitrogens with zero attached hydrogens (tertiary/aromatic N) is 1. The number of carbonyl (C=O) groups excluding carboxylic acids is 2. The van der Waals surface area contributed by atoms with Crippen molar-refractivity contribution in [3.8, 4) is 11.8 Å². The second kappa shape index (κ2) is 7.89. The summed E-state index contributed by atoms with van der Waals surface area (Å²) in [6.45, 7) is 1.63. The SMILES string of the molecule is O=C(Cc1c[nH]c2ccccc12)NCC#Cc1ccc(N2CCNC2=O)cc1. The highest BCUT2D eigenvalue weighted by Gasteiger charge is 2.20. The van der Waals surface area contributed by atoms with Crippen LogP contribution in [-0.4, -0.2) is 36.6 Å². The van der Waals surface area contributed by atoms with Crippen molar-refractivity contribution in [1.29, 1.82) is 0 Å². The molecule has 1 fully saturated rings. The fourth-order valence-corrected chi connectivity index (χ4v) is 3.25. The van der Waals surface area contributed by atoms with E-state index in [0.29, 0.717) is 19.5 Å². The predicted molar refractivity (Wildman–Crippen MR) is 109 cm³/mol. The summed E-state index contributed by atoms with van der Waals surface area (Å²) in [4.78, 5) is 28.7. The lowest BCUT2D eigenvalue weighted by molar-refractivity contribution is -0.120. The molecule has 6 nitrogen and oxygen atoms in total. The van der Waals surface area contributed by atoms with Crippen LogP contribution in [0.25, 0.3) is 10.9 Å². The van der Waals surface area contributed by atoms with Gasteiger partial charge in [-0.2, -0.15) is 0 Å². The molecular formula is C22H20N4O2. The maximum Gasteiger partial charge on any atom is 0.321 e. The van der Waals surface area contributed by atoms with Gasteiger partial charge in [-0.15, -0.1) is 0 Å². The number of urea groups is 1. The zero-order valence-corrected chi connectivity index (χ0v) is 15.3. The van der Waals surface area contributed by atoms with Gasteiger partial charge < -0.3 is 15.6 Å². The summed E-state index contributed by atoms with van der Waals surface area (Å²) in [6.07, 6.45) is 2.19. The first kappa shape index (κ1) is 17.7. The predicted octanol–water partition coefficient (Wildman–Crippen LogP) is 2.41. The topological polar surface area (TPSA) is 77.2 Å². The first-order chi connectivity index (χ1) is 13.7. The summed E-state index contributed by atoms with van der Waals surface area (Å²) in [6, 6.07) is 15.4. The second-order valence-corrected chi connectivity index (χ2v) is 6.55. The van der Waals surface area contributed by atoms with Crippen LogP contribution >= 0.6 is 0 Å². The van der Waals surface area contributed by atoms with Crippen molar-refractivity contribution < 1.29 is 9.59 Å². The van der Waals surface area contributed by atoms with Crippen molar-refractivity contribution in [2.45, 2.75) is 6.42 Å². The van der Waals surface area contributed by atoms with Crippen LogP contribution in [0.15, 0.2) is 54.7 Å². The van der Waals surface area contributed by atoms with Crippen LogP contribution in [0.4, 0.5) is 10.5 Å². The number of benzene rings is 2. The van der Waals surface area contributed by atoms with Crippen molar-refractivity contribution in [3.63, 3.8) is 0 Å². The summed E-state index contributed by atoms with van der Waals surface area (Å²) in [5, 5.41) is 6.67. The number of nitrogens with one attached hydrogen (secondary N) is 3. The first-order valence-electron chi connectivity index (χ1n) is 9.17. The molecule has 1 aliphatic rings. The van der Waals surface area contributed by atoms with Crippen LogP contribution < -0.4 is 15.5 Å². The maximum atomic E-state index is 12.2. The van der Waals surface area contributed by atoms with Gasteiger partial charge in [0, 0.05) is 41.4 Å². The van der Waals surface area contributed by atoms with E-state index < -0.39 is 0 Å². The minimum Gasteiger partial charge on any atom is -0.361 e. The smallest absolute Gasteiger partial charge is 0.321 e. The quantitative estimate of drug-likeness (QED) is 0.615. The molecule has 140 valence electrons. The molecule has 2 heterocycles. The van der Waals surface area contributed by atoms with E-state index in [9.17, 15) is 9.59 Å². The number of rotatable bonds is 4. The van der Waals surface area contributed by atoms with E-state index in [-0.39, 0.29) is 18.5 Å². The normalized spacial score (nSPS) is 13.1. The Morgan fingerprint density at radius 3 is 2.75 bits per heavy atom. The van der Waals surface area contributed by atoms with Gasteiger partial charge in [0.05, 0.1) is 13.0 Å². The van der Waals surface area contributed by atoms with Gasteiger partial charge in [-0.05, 0) is 35.9 Å². The third-order valence-electron chi connectivity index (χ3n) is 4.67. The summed E-state index contributed by atoms with van der Waals surface area (Å²) >= 11 is 0. The monoisotopic (exact) mass is 372 g/mol. The largest absolute Gasteiger partial charge is 0.361 e. The van der Waals surface area contributed by atoms with Crippen LogP contribution in [0, 0.1) is 11.8 Å². The van der Waals surface area contributed by atoms with Crippen molar-refractivity contribution in [2.75, 3.05) is 24.5 Å². The van der Waals surface area contributed by atoms with Crippen LogP contribution in [0.5, 0.6) is 0 Å². The molecule has 1 aliphatic heterocycles. The minimum atomic E-state index is -0.0725. The average molecular weight is 372 g/mol. The highest BCUT2D eigenvalue weighted by molar-refractivity contribution is 5.94. The van der Waals surface area contributed by atoms with Crippen LogP contribution in [-0.2, 0) is 11.2 Å². The van der Waals surface area contributed by atoms with Crippen LogP contribution in [0.2, 0.25) is 0 Å². The van der Waals surface area contributed by atoms with Gasteiger partial charge in [-0.3, -0.25) is 9.69 Å². The summed E-state index contributed by atoms with van der Waals surface area (Å²) in [7, 11) is 0. The van der Waals surface area contributed by atoms with Crippen molar-refractivity contribution in [1.82, 2.24) is 15.6 Å². The Morgan fingerprint density at radius 2 is 1.96 bits per heavy atom. The fraction of sp³-hybridized carbons (Fsp3) is 0.182. The number of H-pyrrole nitrogens is 1. The Morgan fingerprint density at radius 1 is 1.14 bits per heavy atom. The molecule has 1 aromatic heterocycles. The number of carbonyl (C=O) groups is 2. The Bertz CT molecular complexity index is 1070. The fourth-order valence-electron chi connectivity index (χ4n) is 3.25. The Hall–Kier alpha value is -3.72. The minimum absolute atomic E-state index is 0.0607. The van der Waals surface area contributed by atoms with E-state index >= 15 is 0 Å². The third kappa shape index (κ3) is 3.84. The first-order valence-corrected chi connectivity index (χ1v) is 9.17. The molecule has 0 saturated carbocycles. The second-order valence-electron chi connectivity index (χ2n) is 6.55. The third-order valence-corrected chi connectivity index (χ3v) is 4.67. The molecule has 3 N–H and O–H groups in total. The van der Waals surface area contributed by atoms with Crippen LogP contribution in [0.1, 0.15) is 11.1 Å². The lowest BCUT2D eigenvalue weighted by atomic mass is 10.1. The molecule has 1 saturated heterocycles. The van der Waals surface area contributed by atoms with Crippen LogP contribution in [0.3, 0.4) is 0 Å². The molecule has 0 atom stereocenters. The molecule has 0 bridgehead atoms. The Balaban J connectivity index is 1.30. The Kier molecular flexibility index (Phi) is 4.98. The van der Waals surface area contributed by atoms with E-state index in [1.165, 1.54) is 0 Å². The molecular weight excluding hydrogens is 352 g/mol. The molecule has 3 aromatic rings. The van der Waals surface area contributed by atoms with E-state index in [4.69, 9.17) is 0 Å². The van der Waals surface area contributed by atoms with Gasteiger partial charge in [-0.25, -0.2) is 4.79 Å². The number of anilines is 1. The van der Waals surface area contributed by atoms with Gasteiger partial charge in [0.2, 0.25) is 5.91 Å². The molecule has 4 rings (SSSR count). The summed E-state index contributed by atoms with van der Waals surface area (Å²) in [5.74, 6) is 5.93. The maximum absolute atomic E-state index is 12.2. The van der Waals surface area contributed by atoms with E-state index in [1.807, 2.05) is 54.7 Å². The zero-order valence-electron chi connectivity index (χ0n) is 15.3. The van der Waals surface area contributed by atoms with E-state index in [1.54, 1.807) is 4.90 Å². The van der Waals surface area contributed by atoms with Gasteiger partial charge in [-0.1, -0.05) is 30.0 Å². The highest BCUT2D eigenvalue weighted by atomic mass is 16.2. The molecule has 6 heteroatoms. The van der Waals surface area contributed by atoms with Crippen molar-refractivity contribution in [3.05, 3.63) is 65.9 Å². The number of hydrogen-bond donors (Lipinski definition) is 3. The zero-order chi connectivity index (χ0) is 19.3. The van der Waals surface area contributed by atoms with E-state index in [0.717, 1.165) is 27.7 Å². The molecule has 3 amide bonds. The van der Waals surface area contributed by atoms with E-state index in [2.05, 4.69) is 27.5 Å². The molecule has 0 spiro atoms. The molecule has 0 unspecified atom stereocenters. The number of fused-ring (bicyclic) bond motifs is 1. The Labute approximate surface area is 162 Å². The highest BCUT2D eigenvalue weighted by Crippen LogP contribution is 2.18. The standard InChI is InChI=1S/C22H20N4O2/c27-21(14-17-15-25-20-6-2-1-5-19(17)20)23-11-3-4-16-7-9-18(10-8-16)26-13-12-24-22(26)28/h1-2,5-10,15,25H,11-14H2,(H,23,27)(H,24,28). The lowest BCUT2D eigenvalue weighted by Crippen LogP contribution is -2.27. The number of para-hydroxylation sites is 1. The number of aromatic amines is 1. The number of hydrogen-bond acceptors (Lipinski definition) is 2.